The highest BCUT2D eigenvalue weighted by atomic mass is 35.5. The molecule has 0 saturated carbocycles. The van der Waals surface area contributed by atoms with Gasteiger partial charge < -0.3 is 10.7 Å². The Labute approximate surface area is 100 Å². The van der Waals surface area contributed by atoms with Crippen molar-refractivity contribution in [3.05, 3.63) is 52.8 Å². The fourth-order valence-corrected chi connectivity index (χ4v) is 2.10. The zero-order valence-electron chi connectivity index (χ0n) is 9.42. The predicted octanol–water partition coefficient (Wildman–Crippen LogP) is 3.58. The summed E-state index contributed by atoms with van der Waals surface area (Å²) in [5.74, 6) is 0. The number of nitrogens with two attached hydrogens (primary N) is 1. The van der Waals surface area contributed by atoms with Gasteiger partial charge in [-0.3, -0.25) is 0 Å². The Bertz CT molecular complexity index is 466. The maximum atomic E-state index is 6.03. The summed E-state index contributed by atoms with van der Waals surface area (Å²) in [7, 11) is 0. The van der Waals surface area contributed by atoms with Gasteiger partial charge in [0.1, 0.15) is 0 Å². The SMILES string of the molecule is CC(C)(c1cc[nH]c1)c1cc(N)cc(Cl)c1. The van der Waals surface area contributed by atoms with Crippen molar-refractivity contribution in [3.8, 4) is 0 Å². The smallest absolute Gasteiger partial charge is 0.0429 e. The van der Waals surface area contributed by atoms with Crippen LogP contribution in [0, 0.1) is 0 Å². The van der Waals surface area contributed by atoms with Crippen LogP contribution in [0.1, 0.15) is 25.0 Å². The summed E-state index contributed by atoms with van der Waals surface area (Å²) in [5.41, 5.74) is 8.76. The van der Waals surface area contributed by atoms with Gasteiger partial charge >= 0.3 is 0 Å². The van der Waals surface area contributed by atoms with Crippen LogP contribution < -0.4 is 5.73 Å². The van der Waals surface area contributed by atoms with Crippen molar-refractivity contribution in [1.82, 2.24) is 4.98 Å². The minimum atomic E-state index is -0.0982. The van der Waals surface area contributed by atoms with E-state index in [1.165, 1.54) is 5.56 Å². The van der Waals surface area contributed by atoms with Crippen molar-refractivity contribution in [3.63, 3.8) is 0 Å². The second kappa shape index (κ2) is 3.87. The maximum Gasteiger partial charge on any atom is 0.0429 e. The van der Waals surface area contributed by atoms with Crippen LogP contribution >= 0.6 is 11.6 Å². The van der Waals surface area contributed by atoms with Crippen LogP contribution in [0.3, 0.4) is 0 Å². The highest BCUT2D eigenvalue weighted by molar-refractivity contribution is 6.30. The van der Waals surface area contributed by atoms with Crippen LogP contribution in [-0.4, -0.2) is 4.98 Å². The summed E-state index contributed by atoms with van der Waals surface area (Å²) >= 11 is 6.03. The molecule has 0 saturated heterocycles. The molecule has 1 aromatic carbocycles. The molecule has 0 aliphatic rings. The second-order valence-electron chi connectivity index (χ2n) is 4.50. The third kappa shape index (κ3) is 1.93. The standard InChI is InChI=1S/C13H15ClN2/c1-13(2,9-3-4-16-8-9)10-5-11(14)7-12(15)6-10/h3-8,16H,15H2,1-2H3. The van der Waals surface area contributed by atoms with E-state index in [-0.39, 0.29) is 5.41 Å². The number of benzene rings is 1. The van der Waals surface area contributed by atoms with Crippen molar-refractivity contribution >= 4 is 17.3 Å². The number of anilines is 1. The Morgan fingerprint density at radius 2 is 1.94 bits per heavy atom. The minimum absolute atomic E-state index is 0.0982. The summed E-state index contributed by atoms with van der Waals surface area (Å²) in [6, 6.07) is 7.76. The second-order valence-corrected chi connectivity index (χ2v) is 4.93. The first kappa shape index (κ1) is 11.1. The van der Waals surface area contributed by atoms with E-state index in [9.17, 15) is 0 Å². The zero-order valence-corrected chi connectivity index (χ0v) is 10.2. The molecule has 0 unspecified atom stereocenters. The van der Waals surface area contributed by atoms with Crippen LogP contribution in [-0.2, 0) is 5.41 Å². The fourth-order valence-electron chi connectivity index (χ4n) is 1.85. The Balaban J connectivity index is 2.51. The largest absolute Gasteiger partial charge is 0.399 e. The average Bonchev–Trinajstić information content (AvgIpc) is 2.69. The van der Waals surface area contributed by atoms with Gasteiger partial charge in [0.25, 0.3) is 0 Å². The molecule has 84 valence electrons. The van der Waals surface area contributed by atoms with Gasteiger partial charge in [0.05, 0.1) is 0 Å². The number of aromatic amines is 1. The third-order valence-electron chi connectivity index (χ3n) is 2.96. The van der Waals surface area contributed by atoms with E-state index in [1.807, 2.05) is 24.5 Å². The molecule has 2 aromatic rings. The van der Waals surface area contributed by atoms with Crippen LogP contribution in [0.2, 0.25) is 5.02 Å². The molecule has 2 nitrogen and oxygen atoms in total. The molecule has 2 rings (SSSR count). The molecule has 0 fully saturated rings. The average molecular weight is 235 g/mol. The number of hydrogen-bond acceptors (Lipinski definition) is 1. The minimum Gasteiger partial charge on any atom is -0.399 e. The molecule has 1 aromatic heterocycles. The molecule has 0 radical (unpaired) electrons. The molecule has 0 amide bonds. The van der Waals surface area contributed by atoms with Gasteiger partial charge in [-0.1, -0.05) is 25.4 Å². The zero-order chi connectivity index (χ0) is 11.8. The van der Waals surface area contributed by atoms with Crippen LogP contribution in [0.4, 0.5) is 5.69 Å². The van der Waals surface area contributed by atoms with Crippen molar-refractivity contribution in [2.75, 3.05) is 5.73 Å². The van der Waals surface area contributed by atoms with E-state index in [0.29, 0.717) is 10.7 Å². The summed E-state index contributed by atoms with van der Waals surface area (Å²) in [4.78, 5) is 3.07. The number of hydrogen-bond donors (Lipinski definition) is 2. The lowest BCUT2D eigenvalue weighted by Crippen LogP contribution is -2.18. The lowest BCUT2D eigenvalue weighted by Gasteiger charge is -2.25. The van der Waals surface area contributed by atoms with E-state index < -0.39 is 0 Å². The molecule has 0 bridgehead atoms. The van der Waals surface area contributed by atoms with Gasteiger partial charge in [0.15, 0.2) is 0 Å². The maximum absolute atomic E-state index is 6.03. The topological polar surface area (TPSA) is 41.8 Å². The summed E-state index contributed by atoms with van der Waals surface area (Å²) in [6.07, 6.45) is 3.92. The first-order chi connectivity index (χ1) is 7.50. The van der Waals surface area contributed by atoms with Gasteiger partial charge in [-0.05, 0) is 35.4 Å². The Hall–Kier alpha value is -1.41. The van der Waals surface area contributed by atoms with E-state index in [0.717, 1.165) is 5.56 Å². The van der Waals surface area contributed by atoms with E-state index in [1.54, 1.807) is 6.07 Å². The molecule has 0 aliphatic heterocycles. The number of aromatic nitrogens is 1. The lowest BCUT2D eigenvalue weighted by molar-refractivity contribution is 0.642. The van der Waals surface area contributed by atoms with Gasteiger partial charge in [0, 0.05) is 28.5 Å². The lowest BCUT2D eigenvalue weighted by atomic mass is 9.79. The molecule has 0 spiro atoms. The number of rotatable bonds is 2. The van der Waals surface area contributed by atoms with Gasteiger partial charge in [-0.25, -0.2) is 0 Å². The normalized spacial score (nSPS) is 11.7. The van der Waals surface area contributed by atoms with Crippen LogP contribution in [0.15, 0.2) is 36.7 Å². The molecule has 3 heteroatoms. The number of halogens is 1. The van der Waals surface area contributed by atoms with E-state index in [4.69, 9.17) is 17.3 Å². The first-order valence-electron chi connectivity index (χ1n) is 5.20. The predicted molar refractivity (Wildman–Crippen MR) is 68.8 cm³/mol. The van der Waals surface area contributed by atoms with Crippen molar-refractivity contribution < 1.29 is 0 Å². The molecule has 0 aliphatic carbocycles. The molecule has 16 heavy (non-hydrogen) atoms. The fraction of sp³-hybridized carbons (Fsp3) is 0.231. The van der Waals surface area contributed by atoms with Gasteiger partial charge in [-0.15, -0.1) is 0 Å². The molecule has 1 heterocycles. The summed E-state index contributed by atoms with van der Waals surface area (Å²) in [6.45, 7) is 4.31. The molecule has 3 N–H and O–H groups in total. The van der Waals surface area contributed by atoms with Crippen molar-refractivity contribution in [2.24, 2.45) is 0 Å². The first-order valence-corrected chi connectivity index (χ1v) is 5.58. The number of nitrogen functional groups attached to an aromatic ring is 1. The van der Waals surface area contributed by atoms with E-state index >= 15 is 0 Å². The van der Waals surface area contributed by atoms with Crippen molar-refractivity contribution in [2.45, 2.75) is 19.3 Å². The Morgan fingerprint density at radius 1 is 1.19 bits per heavy atom. The van der Waals surface area contributed by atoms with E-state index in [2.05, 4.69) is 24.9 Å². The Kier molecular flexibility index (Phi) is 2.68. The van der Waals surface area contributed by atoms with Gasteiger partial charge in [0.2, 0.25) is 0 Å². The monoisotopic (exact) mass is 234 g/mol. The van der Waals surface area contributed by atoms with Crippen LogP contribution in [0.25, 0.3) is 0 Å². The summed E-state index contributed by atoms with van der Waals surface area (Å²) in [5, 5.41) is 0.679. The summed E-state index contributed by atoms with van der Waals surface area (Å²) < 4.78 is 0. The molecule has 0 atom stereocenters. The Morgan fingerprint density at radius 3 is 2.50 bits per heavy atom. The number of H-pyrrole nitrogens is 1. The molecular formula is C13H15ClN2. The highest BCUT2D eigenvalue weighted by Crippen LogP contribution is 2.33. The third-order valence-corrected chi connectivity index (χ3v) is 3.18. The van der Waals surface area contributed by atoms with Gasteiger partial charge in [-0.2, -0.15) is 0 Å². The van der Waals surface area contributed by atoms with Crippen LogP contribution in [0.5, 0.6) is 0 Å². The number of nitrogens with one attached hydrogen (secondary N) is 1. The molecular weight excluding hydrogens is 220 g/mol. The van der Waals surface area contributed by atoms with Crippen molar-refractivity contribution in [1.29, 1.82) is 0 Å². The quantitative estimate of drug-likeness (QED) is 0.767. The highest BCUT2D eigenvalue weighted by Gasteiger charge is 2.24.